The molecule has 1 aliphatic heterocycles. The summed E-state index contributed by atoms with van der Waals surface area (Å²) in [6, 6.07) is 6.76. The van der Waals surface area contributed by atoms with Crippen LogP contribution in [0.4, 0.5) is 5.69 Å². The molecule has 1 N–H and O–H groups in total. The summed E-state index contributed by atoms with van der Waals surface area (Å²) < 4.78 is 5.33. The number of para-hydroxylation sites is 1. The van der Waals surface area contributed by atoms with Crippen molar-refractivity contribution in [2.75, 3.05) is 18.2 Å². The zero-order chi connectivity index (χ0) is 9.97. The highest BCUT2D eigenvalue weighted by Gasteiger charge is 2.19. The molecule has 76 valence electrons. The molecule has 1 heterocycles. The smallest absolute Gasteiger partial charge is 0.143 e. The minimum atomic E-state index is 0.573. The van der Waals surface area contributed by atoms with Crippen LogP contribution in [0.2, 0.25) is 0 Å². The van der Waals surface area contributed by atoms with Crippen LogP contribution in [0, 0.1) is 0 Å². The summed E-state index contributed by atoms with van der Waals surface area (Å²) in [5.74, 6) is 2.10. The first-order valence-corrected chi connectivity index (χ1v) is 5.90. The molecule has 0 amide bonds. The summed E-state index contributed by atoms with van der Waals surface area (Å²) in [6.45, 7) is 2.21. The molecule has 0 aliphatic carbocycles. The fraction of sp³-hybridized carbons (Fsp3) is 0.455. The molecule has 0 bridgehead atoms. The minimum absolute atomic E-state index is 0.573. The fourth-order valence-electron chi connectivity index (χ4n) is 1.60. The summed E-state index contributed by atoms with van der Waals surface area (Å²) >= 11 is 1.91. The number of fused-ring (bicyclic) bond motifs is 1. The Morgan fingerprint density at radius 3 is 3.14 bits per heavy atom. The van der Waals surface area contributed by atoms with Gasteiger partial charge >= 0.3 is 0 Å². The van der Waals surface area contributed by atoms with Gasteiger partial charge in [-0.3, -0.25) is 0 Å². The predicted octanol–water partition coefficient (Wildman–Crippen LogP) is 2.99. The number of rotatable bonds is 2. The second kappa shape index (κ2) is 4.13. The van der Waals surface area contributed by atoms with E-state index in [4.69, 9.17) is 4.74 Å². The van der Waals surface area contributed by atoms with Crippen LogP contribution >= 0.6 is 11.8 Å². The SMILES string of the molecule is CCC1CSc2cccc(OC)c2N1. The first-order chi connectivity index (χ1) is 6.85. The van der Waals surface area contributed by atoms with Crippen LogP contribution in [0.25, 0.3) is 0 Å². The molecule has 0 spiro atoms. The van der Waals surface area contributed by atoms with Crippen molar-refractivity contribution in [1.29, 1.82) is 0 Å². The Hall–Kier alpha value is -0.830. The molecule has 1 aromatic carbocycles. The molecule has 3 heteroatoms. The van der Waals surface area contributed by atoms with Crippen LogP contribution in [-0.4, -0.2) is 18.9 Å². The maximum absolute atomic E-state index is 5.33. The third-order valence-electron chi connectivity index (χ3n) is 2.49. The Labute approximate surface area is 89.0 Å². The van der Waals surface area contributed by atoms with Gasteiger partial charge in [0.1, 0.15) is 5.75 Å². The zero-order valence-electron chi connectivity index (χ0n) is 8.54. The molecular formula is C11H15NOS. The van der Waals surface area contributed by atoms with Gasteiger partial charge in [0.15, 0.2) is 0 Å². The first kappa shape index (κ1) is 9.71. The molecule has 1 unspecified atom stereocenters. The Kier molecular flexibility index (Phi) is 2.87. The lowest BCUT2D eigenvalue weighted by molar-refractivity contribution is 0.415. The molecule has 0 saturated heterocycles. The van der Waals surface area contributed by atoms with Crippen LogP contribution in [0.1, 0.15) is 13.3 Å². The van der Waals surface area contributed by atoms with E-state index in [1.165, 1.54) is 4.90 Å². The number of nitrogens with one attached hydrogen (secondary N) is 1. The van der Waals surface area contributed by atoms with Gasteiger partial charge in [-0.25, -0.2) is 0 Å². The number of hydrogen-bond acceptors (Lipinski definition) is 3. The molecule has 0 aromatic heterocycles. The fourth-order valence-corrected chi connectivity index (χ4v) is 2.78. The highest BCUT2D eigenvalue weighted by atomic mass is 32.2. The summed E-state index contributed by atoms with van der Waals surface area (Å²) in [7, 11) is 1.72. The highest BCUT2D eigenvalue weighted by molar-refractivity contribution is 7.99. The normalized spacial score (nSPS) is 19.7. The topological polar surface area (TPSA) is 21.3 Å². The third-order valence-corrected chi connectivity index (χ3v) is 3.71. The van der Waals surface area contributed by atoms with Crippen LogP contribution in [0.5, 0.6) is 5.75 Å². The Bertz CT molecular complexity index is 313. The standard InChI is InChI=1S/C11H15NOS/c1-3-8-7-14-10-6-4-5-9(13-2)11(10)12-8/h4-6,8,12H,3,7H2,1-2H3. The summed E-state index contributed by atoms with van der Waals surface area (Å²) in [5.41, 5.74) is 1.16. The number of thioether (sulfide) groups is 1. The number of benzene rings is 1. The van der Waals surface area contributed by atoms with Crippen molar-refractivity contribution in [2.45, 2.75) is 24.3 Å². The minimum Gasteiger partial charge on any atom is -0.495 e. The van der Waals surface area contributed by atoms with Crippen molar-refractivity contribution < 1.29 is 4.74 Å². The average Bonchev–Trinajstić information content (AvgIpc) is 2.27. The van der Waals surface area contributed by atoms with E-state index in [0.717, 1.165) is 23.6 Å². The van der Waals surface area contributed by atoms with Gasteiger partial charge in [-0.1, -0.05) is 13.0 Å². The van der Waals surface area contributed by atoms with Crippen molar-refractivity contribution in [1.82, 2.24) is 0 Å². The van der Waals surface area contributed by atoms with E-state index >= 15 is 0 Å². The number of hydrogen-bond donors (Lipinski definition) is 1. The van der Waals surface area contributed by atoms with Crippen LogP contribution < -0.4 is 10.1 Å². The first-order valence-electron chi connectivity index (χ1n) is 4.91. The lowest BCUT2D eigenvalue weighted by Gasteiger charge is -2.26. The number of anilines is 1. The van der Waals surface area contributed by atoms with E-state index in [-0.39, 0.29) is 0 Å². The lowest BCUT2D eigenvalue weighted by atomic mass is 10.2. The monoisotopic (exact) mass is 209 g/mol. The predicted molar refractivity (Wildman–Crippen MR) is 61.4 cm³/mol. The van der Waals surface area contributed by atoms with E-state index in [1.54, 1.807) is 7.11 Å². The maximum atomic E-state index is 5.33. The lowest BCUT2D eigenvalue weighted by Crippen LogP contribution is -2.25. The molecule has 1 atom stereocenters. The zero-order valence-corrected chi connectivity index (χ0v) is 9.36. The molecule has 1 aliphatic rings. The molecule has 1 aromatic rings. The van der Waals surface area contributed by atoms with Crippen molar-refractivity contribution in [3.05, 3.63) is 18.2 Å². The van der Waals surface area contributed by atoms with Gasteiger partial charge in [0.05, 0.1) is 12.8 Å². The van der Waals surface area contributed by atoms with Gasteiger partial charge in [-0.2, -0.15) is 0 Å². The Balaban J connectivity index is 2.33. The van der Waals surface area contributed by atoms with Gasteiger partial charge < -0.3 is 10.1 Å². The number of ether oxygens (including phenoxy) is 1. The van der Waals surface area contributed by atoms with Crippen molar-refractivity contribution in [2.24, 2.45) is 0 Å². The van der Waals surface area contributed by atoms with Gasteiger partial charge in [0, 0.05) is 16.7 Å². The van der Waals surface area contributed by atoms with Gasteiger partial charge in [0.25, 0.3) is 0 Å². The summed E-state index contributed by atoms with van der Waals surface area (Å²) in [5, 5.41) is 3.52. The van der Waals surface area contributed by atoms with Gasteiger partial charge in [-0.05, 0) is 18.6 Å². The second-order valence-electron chi connectivity index (χ2n) is 3.39. The number of methoxy groups -OCH3 is 1. The van der Waals surface area contributed by atoms with E-state index in [2.05, 4.69) is 18.3 Å². The highest BCUT2D eigenvalue weighted by Crippen LogP contribution is 2.39. The summed E-state index contributed by atoms with van der Waals surface area (Å²) in [6.07, 6.45) is 1.16. The Morgan fingerprint density at radius 1 is 1.57 bits per heavy atom. The molecule has 2 nitrogen and oxygen atoms in total. The molecule has 0 saturated carbocycles. The van der Waals surface area contributed by atoms with E-state index in [9.17, 15) is 0 Å². The van der Waals surface area contributed by atoms with E-state index in [1.807, 2.05) is 23.9 Å². The quantitative estimate of drug-likeness (QED) is 0.809. The Morgan fingerprint density at radius 2 is 2.43 bits per heavy atom. The van der Waals surface area contributed by atoms with Crippen LogP contribution in [0.3, 0.4) is 0 Å². The van der Waals surface area contributed by atoms with Gasteiger partial charge in [-0.15, -0.1) is 11.8 Å². The van der Waals surface area contributed by atoms with Gasteiger partial charge in [0.2, 0.25) is 0 Å². The molecular weight excluding hydrogens is 194 g/mol. The maximum Gasteiger partial charge on any atom is 0.143 e. The van der Waals surface area contributed by atoms with Crippen molar-refractivity contribution in [3.63, 3.8) is 0 Å². The van der Waals surface area contributed by atoms with E-state index in [0.29, 0.717) is 6.04 Å². The second-order valence-corrected chi connectivity index (χ2v) is 4.46. The van der Waals surface area contributed by atoms with Crippen LogP contribution in [-0.2, 0) is 0 Å². The van der Waals surface area contributed by atoms with Crippen molar-refractivity contribution in [3.8, 4) is 5.75 Å². The molecule has 0 radical (unpaired) electrons. The summed E-state index contributed by atoms with van der Waals surface area (Å²) in [4.78, 5) is 1.30. The molecule has 2 rings (SSSR count). The largest absolute Gasteiger partial charge is 0.495 e. The third kappa shape index (κ3) is 1.69. The van der Waals surface area contributed by atoms with E-state index < -0.39 is 0 Å². The molecule has 14 heavy (non-hydrogen) atoms. The average molecular weight is 209 g/mol. The molecule has 0 fully saturated rings. The van der Waals surface area contributed by atoms with Crippen molar-refractivity contribution >= 4 is 17.4 Å². The van der Waals surface area contributed by atoms with Crippen LogP contribution in [0.15, 0.2) is 23.1 Å².